The summed E-state index contributed by atoms with van der Waals surface area (Å²) in [5.74, 6) is 0.580. The smallest absolute Gasteiger partial charge is 0.281 e. The third-order valence-corrected chi connectivity index (χ3v) is 7.28. The number of amides is 1. The van der Waals surface area contributed by atoms with Crippen molar-refractivity contribution in [2.45, 2.75) is 39.7 Å². The van der Waals surface area contributed by atoms with Crippen LogP contribution >= 0.6 is 11.3 Å². The minimum absolute atomic E-state index is 0.123. The molecule has 0 radical (unpaired) electrons. The van der Waals surface area contributed by atoms with Crippen LogP contribution in [0.2, 0.25) is 0 Å². The Kier molecular flexibility index (Phi) is 4.91. The molecule has 1 aliphatic carbocycles. The number of thiophene rings is 1. The van der Waals surface area contributed by atoms with Crippen molar-refractivity contribution < 1.29 is 4.79 Å². The predicted octanol–water partition coefficient (Wildman–Crippen LogP) is 5.76. The highest BCUT2D eigenvalue weighted by molar-refractivity contribution is 7.14. The average molecular weight is 416 g/mol. The molecule has 0 unspecified atom stereocenters. The molecule has 1 N–H and O–H groups in total. The fourth-order valence-electron chi connectivity index (χ4n) is 4.53. The van der Waals surface area contributed by atoms with Gasteiger partial charge in [-0.15, -0.1) is 11.3 Å². The van der Waals surface area contributed by atoms with Gasteiger partial charge < -0.3 is 4.57 Å². The number of benzene rings is 2. The van der Waals surface area contributed by atoms with E-state index in [-0.39, 0.29) is 5.91 Å². The lowest BCUT2D eigenvalue weighted by atomic mass is 9.90. The molecule has 2 aromatic heterocycles. The van der Waals surface area contributed by atoms with Gasteiger partial charge in [0.2, 0.25) is 0 Å². The molecule has 0 aliphatic heterocycles. The van der Waals surface area contributed by atoms with Crippen molar-refractivity contribution in [1.29, 1.82) is 0 Å². The standard InChI is InChI=1S/C25H25N3OS/c1-3-28-21-7-5-4-6-19(21)20-13-17(9-10-22(20)28)15-26-27-25(29)24-14-18-12-16(2)8-11-23(18)30-24/h4-7,9-10,13-16H,3,8,11-12H2,1-2H3,(H,27,29)/b26-15-/t16-/m0/s1. The summed E-state index contributed by atoms with van der Waals surface area (Å²) in [6.45, 7) is 5.37. The van der Waals surface area contributed by atoms with Crippen molar-refractivity contribution in [3.63, 3.8) is 0 Å². The lowest BCUT2D eigenvalue weighted by Crippen LogP contribution is -2.16. The topological polar surface area (TPSA) is 46.4 Å². The number of para-hydroxylation sites is 1. The molecule has 152 valence electrons. The molecule has 5 rings (SSSR count). The first-order valence-corrected chi connectivity index (χ1v) is 11.4. The molecule has 0 fully saturated rings. The Morgan fingerprint density at radius 2 is 2.03 bits per heavy atom. The van der Waals surface area contributed by atoms with Gasteiger partial charge in [-0.05, 0) is 67.5 Å². The van der Waals surface area contributed by atoms with Gasteiger partial charge in [0.25, 0.3) is 5.91 Å². The van der Waals surface area contributed by atoms with Crippen molar-refractivity contribution in [3.8, 4) is 0 Å². The van der Waals surface area contributed by atoms with Crippen LogP contribution < -0.4 is 5.43 Å². The molecule has 0 saturated heterocycles. The van der Waals surface area contributed by atoms with Gasteiger partial charge in [0.15, 0.2) is 0 Å². The summed E-state index contributed by atoms with van der Waals surface area (Å²) in [6, 6.07) is 16.8. The second-order valence-corrected chi connectivity index (χ2v) is 9.28. The Bertz CT molecular complexity index is 1280. The van der Waals surface area contributed by atoms with E-state index in [1.165, 1.54) is 38.7 Å². The predicted molar refractivity (Wildman–Crippen MR) is 126 cm³/mol. The number of carbonyl (C=O) groups excluding carboxylic acids is 1. The summed E-state index contributed by atoms with van der Waals surface area (Å²) in [5, 5.41) is 6.68. The lowest BCUT2D eigenvalue weighted by molar-refractivity contribution is 0.0959. The summed E-state index contributed by atoms with van der Waals surface area (Å²) < 4.78 is 2.33. The van der Waals surface area contributed by atoms with Gasteiger partial charge in [-0.1, -0.05) is 31.2 Å². The van der Waals surface area contributed by atoms with Crippen molar-refractivity contribution in [2.24, 2.45) is 11.0 Å². The molecule has 0 spiro atoms. The van der Waals surface area contributed by atoms with Crippen molar-refractivity contribution in [3.05, 3.63) is 69.4 Å². The van der Waals surface area contributed by atoms with Gasteiger partial charge in [-0.25, -0.2) is 5.43 Å². The van der Waals surface area contributed by atoms with E-state index in [1.807, 2.05) is 12.1 Å². The zero-order valence-corrected chi connectivity index (χ0v) is 18.1. The fraction of sp³-hybridized carbons (Fsp3) is 0.280. The number of aryl methyl sites for hydroxylation is 2. The molecule has 2 aromatic carbocycles. The highest BCUT2D eigenvalue weighted by Gasteiger charge is 2.20. The molecule has 4 aromatic rings. The molecule has 2 heterocycles. The third-order valence-electron chi connectivity index (χ3n) is 6.05. The van der Waals surface area contributed by atoms with Crippen LogP contribution in [0.25, 0.3) is 21.8 Å². The molecule has 5 heteroatoms. The number of nitrogens with zero attached hydrogens (tertiary/aromatic N) is 2. The van der Waals surface area contributed by atoms with Crippen LogP contribution in [0.1, 0.15) is 45.9 Å². The fourth-order valence-corrected chi connectivity index (χ4v) is 5.63. The Morgan fingerprint density at radius 3 is 2.90 bits per heavy atom. The monoisotopic (exact) mass is 415 g/mol. The van der Waals surface area contributed by atoms with Gasteiger partial charge in [0.05, 0.1) is 11.1 Å². The van der Waals surface area contributed by atoms with Crippen LogP contribution in [0.15, 0.2) is 53.6 Å². The van der Waals surface area contributed by atoms with Crippen LogP contribution in [0.3, 0.4) is 0 Å². The number of rotatable bonds is 4. The Balaban J connectivity index is 1.37. The Hall–Kier alpha value is -2.92. The third kappa shape index (κ3) is 3.33. The maximum atomic E-state index is 12.5. The van der Waals surface area contributed by atoms with E-state index in [1.54, 1.807) is 17.6 Å². The van der Waals surface area contributed by atoms with E-state index >= 15 is 0 Å². The van der Waals surface area contributed by atoms with Gasteiger partial charge in [0.1, 0.15) is 0 Å². The summed E-state index contributed by atoms with van der Waals surface area (Å²) in [4.78, 5) is 14.7. The molecule has 1 aliphatic rings. The number of carbonyl (C=O) groups is 1. The number of fused-ring (bicyclic) bond motifs is 4. The molecule has 0 bridgehead atoms. The maximum Gasteiger partial charge on any atom is 0.281 e. The minimum Gasteiger partial charge on any atom is -0.341 e. The van der Waals surface area contributed by atoms with Gasteiger partial charge in [-0.2, -0.15) is 5.10 Å². The zero-order valence-electron chi connectivity index (χ0n) is 17.3. The SMILES string of the molecule is CCn1c2ccccc2c2cc(/C=N\NC(=O)c3cc4c(s3)CC[C@H](C)C4)ccc21. The average Bonchev–Trinajstić information content (AvgIpc) is 3.32. The zero-order chi connectivity index (χ0) is 20.7. The molecular formula is C25H25N3OS. The highest BCUT2D eigenvalue weighted by atomic mass is 32.1. The number of hydrazone groups is 1. The lowest BCUT2D eigenvalue weighted by Gasteiger charge is -2.16. The van der Waals surface area contributed by atoms with Crippen LogP contribution in [-0.2, 0) is 19.4 Å². The Labute approximate surface area is 180 Å². The molecular weight excluding hydrogens is 390 g/mol. The molecule has 1 atom stereocenters. The summed E-state index contributed by atoms with van der Waals surface area (Å²) in [7, 11) is 0. The first kappa shape index (κ1) is 19.1. The minimum atomic E-state index is -0.123. The summed E-state index contributed by atoms with van der Waals surface area (Å²) in [6.07, 6.45) is 5.10. The van der Waals surface area contributed by atoms with E-state index < -0.39 is 0 Å². The molecule has 4 nitrogen and oxygen atoms in total. The van der Waals surface area contributed by atoms with E-state index in [9.17, 15) is 4.79 Å². The maximum absolute atomic E-state index is 12.5. The van der Waals surface area contributed by atoms with Crippen LogP contribution in [-0.4, -0.2) is 16.7 Å². The first-order chi connectivity index (χ1) is 14.6. The van der Waals surface area contributed by atoms with E-state index in [0.29, 0.717) is 5.92 Å². The quantitative estimate of drug-likeness (QED) is 0.334. The normalized spacial score (nSPS) is 16.4. The summed E-state index contributed by atoms with van der Waals surface area (Å²) in [5.41, 5.74) is 7.48. The van der Waals surface area contributed by atoms with Crippen LogP contribution in [0, 0.1) is 5.92 Å². The number of aromatic nitrogens is 1. The molecule has 1 amide bonds. The Morgan fingerprint density at radius 1 is 1.20 bits per heavy atom. The second-order valence-electron chi connectivity index (χ2n) is 8.14. The largest absolute Gasteiger partial charge is 0.341 e. The summed E-state index contributed by atoms with van der Waals surface area (Å²) >= 11 is 1.61. The van der Waals surface area contributed by atoms with Crippen molar-refractivity contribution >= 4 is 45.3 Å². The van der Waals surface area contributed by atoms with Crippen LogP contribution in [0.4, 0.5) is 0 Å². The first-order valence-electron chi connectivity index (χ1n) is 10.6. The second kappa shape index (κ2) is 7.73. The molecule has 30 heavy (non-hydrogen) atoms. The molecule has 0 saturated carbocycles. The van der Waals surface area contributed by atoms with E-state index in [0.717, 1.165) is 29.8 Å². The van der Waals surface area contributed by atoms with E-state index in [4.69, 9.17) is 0 Å². The van der Waals surface area contributed by atoms with E-state index in [2.05, 4.69) is 65.3 Å². The number of nitrogens with one attached hydrogen (secondary N) is 1. The van der Waals surface area contributed by atoms with Crippen molar-refractivity contribution in [2.75, 3.05) is 0 Å². The number of hydrogen-bond acceptors (Lipinski definition) is 3. The highest BCUT2D eigenvalue weighted by Crippen LogP contribution is 2.32. The number of hydrogen-bond donors (Lipinski definition) is 1. The van der Waals surface area contributed by atoms with Crippen molar-refractivity contribution in [1.82, 2.24) is 9.99 Å². The van der Waals surface area contributed by atoms with Crippen LogP contribution in [0.5, 0.6) is 0 Å². The van der Waals surface area contributed by atoms with Gasteiger partial charge >= 0.3 is 0 Å². The van der Waals surface area contributed by atoms with Gasteiger partial charge in [-0.3, -0.25) is 4.79 Å². The van der Waals surface area contributed by atoms with Gasteiger partial charge in [0, 0.05) is 33.2 Å².